The third-order valence-corrected chi connectivity index (χ3v) is 5.95. The number of hydrogen-bond acceptors (Lipinski definition) is 2. The summed E-state index contributed by atoms with van der Waals surface area (Å²) in [6.07, 6.45) is 8.73. The zero-order chi connectivity index (χ0) is 13.7. The second-order valence-corrected chi connectivity index (χ2v) is 8.15. The summed E-state index contributed by atoms with van der Waals surface area (Å²) in [5, 5.41) is 9.34. The van der Waals surface area contributed by atoms with Crippen LogP contribution in [0.15, 0.2) is 0 Å². The summed E-state index contributed by atoms with van der Waals surface area (Å²) in [4.78, 5) is 2.68. The lowest BCUT2D eigenvalue weighted by Gasteiger charge is -2.61. The Kier molecular flexibility index (Phi) is 3.17. The molecule has 0 heterocycles. The smallest absolute Gasteiger partial charge is 0.0697 e. The first-order valence-electron chi connectivity index (χ1n) is 8.13. The first kappa shape index (κ1) is 13.4. The Balaban J connectivity index is 1.81. The van der Waals surface area contributed by atoms with E-state index >= 15 is 0 Å². The van der Waals surface area contributed by atoms with Gasteiger partial charge in [-0.2, -0.15) is 5.26 Å². The summed E-state index contributed by atoms with van der Waals surface area (Å²) >= 11 is 0. The molecule has 0 aromatic heterocycles. The van der Waals surface area contributed by atoms with E-state index in [1.807, 2.05) is 0 Å². The van der Waals surface area contributed by atoms with Gasteiger partial charge in [0.2, 0.25) is 0 Å². The average molecular weight is 260 g/mol. The minimum absolute atomic E-state index is 0.209. The van der Waals surface area contributed by atoms with Crippen LogP contribution < -0.4 is 0 Å². The van der Waals surface area contributed by atoms with E-state index in [4.69, 9.17) is 0 Å². The average Bonchev–Trinajstić information content (AvgIpc) is 2.34. The maximum absolute atomic E-state index is 9.34. The van der Waals surface area contributed by atoms with Gasteiger partial charge in [-0.05, 0) is 76.7 Å². The van der Waals surface area contributed by atoms with Gasteiger partial charge in [0.05, 0.1) is 11.5 Å². The van der Waals surface area contributed by atoms with Crippen LogP contribution in [0.25, 0.3) is 0 Å². The molecule has 0 amide bonds. The van der Waals surface area contributed by atoms with Crippen molar-refractivity contribution in [1.82, 2.24) is 4.90 Å². The van der Waals surface area contributed by atoms with E-state index in [-0.39, 0.29) is 5.41 Å². The molecule has 4 saturated carbocycles. The van der Waals surface area contributed by atoms with Crippen molar-refractivity contribution in [2.75, 3.05) is 13.1 Å². The molecule has 0 aromatic carbocycles. The molecule has 4 aliphatic rings. The molecule has 0 saturated heterocycles. The lowest BCUT2D eigenvalue weighted by atomic mass is 9.52. The lowest BCUT2D eigenvalue weighted by molar-refractivity contribution is -0.0935. The van der Waals surface area contributed by atoms with E-state index in [2.05, 4.69) is 31.7 Å². The Morgan fingerprint density at radius 2 is 1.58 bits per heavy atom. The molecule has 2 nitrogen and oxygen atoms in total. The first-order chi connectivity index (χ1) is 8.96. The fourth-order valence-corrected chi connectivity index (χ4v) is 5.58. The second-order valence-electron chi connectivity index (χ2n) is 8.15. The quantitative estimate of drug-likeness (QED) is 0.768. The van der Waals surface area contributed by atoms with Crippen LogP contribution in [0, 0.1) is 34.5 Å². The Morgan fingerprint density at radius 3 is 1.95 bits per heavy atom. The predicted molar refractivity (Wildman–Crippen MR) is 77.5 cm³/mol. The number of nitrogens with zero attached hydrogens (tertiary/aromatic N) is 2. The van der Waals surface area contributed by atoms with Gasteiger partial charge in [0, 0.05) is 12.1 Å². The van der Waals surface area contributed by atoms with Crippen molar-refractivity contribution in [2.24, 2.45) is 23.2 Å². The zero-order valence-corrected chi connectivity index (χ0v) is 12.8. The summed E-state index contributed by atoms with van der Waals surface area (Å²) in [5.41, 5.74) is 0.247. The topological polar surface area (TPSA) is 27.0 Å². The minimum Gasteiger partial charge on any atom is -0.296 e. The molecule has 2 heteroatoms. The highest BCUT2D eigenvalue weighted by atomic mass is 15.2. The fourth-order valence-electron chi connectivity index (χ4n) is 5.58. The summed E-state index contributed by atoms with van der Waals surface area (Å²) in [5.74, 6) is 2.97. The standard InChI is InChI=1S/C17H28N2/c1-4-19(12-16(2,3)11-18)17-8-13-5-14(9-17)7-15(6-13)10-17/h13-15H,4-10,12H2,1-3H3. The highest BCUT2D eigenvalue weighted by molar-refractivity contribution is 5.08. The summed E-state index contributed by atoms with van der Waals surface area (Å²) in [7, 11) is 0. The molecule has 0 aliphatic heterocycles. The molecule has 4 bridgehead atoms. The highest BCUT2D eigenvalue weighted by Crippen LogP contribution is 2.58. The van der Waals surface area contributed by atoms with E-state index in [1.165, 1.54) is 38.5 Å². The molecule has 0 N–H and O–H groups in total. The lowest BCUT2D eigenvalue weighted by Crippen LogP contribution is -2.61. The van der Waals surface area contributed by atoms with Gasteiger partial charge in [-0.15, -0.1) is 0 Å². The summed E-state index contributed by atoms with van der Waals surface area (Å²) in [6, 6.07) is 2.50. The predicted octanol–water partition coefficient (Wildman–Crippen LogP) is 3.83. The van der Waals surface area contributed by atoms with Gasteiger partial charge in [-0.3, -0.25) is 4.90 Å². The Bertz CT molecular complexity index is 355. The third kappa shape index (κ3) is 2.31. The molecule has 4 aliphatic carbocycles. The number of nitriles is 1. The molecule has 0 atom stereocenters. The van der Waals surface area contributed by atoms with Crippen LogP contribution in [-0.4, -0.2) is 23.5 Å². The van der Waals surface area contributed by atoms with E-state index < -0.39 is 0 Å². The molecular formula is C17H28N2. The van der Waals surface area contributed by atoms with E-state index in [9.17, 15) is 5.26 Å². The van der Waals surface area contributed by atoms with E-state index in [1.54, 1.807) is 0 Å². The maximum Gasteiger partial charge on any atom is 0.0697 e. The molecule has 0 unspecified atom stereocenters. The van der Waals surface area contributed by atoms with E-state index in [0.717, 1.165) is 30.8 Å². The minimum atomic E-state index is -0.209. The number of hydrogen-bond donors (Lipinski definition) is 0. The SMILES string of the molecule is CCN(CC(C)(C)C#N)C12CC3CC(CC(C3)C1)C2. The summed E-state index contributed by atoms with van der Waals surface area (Å²) in [6.45, 7) is 8.53. The van der Waals surface area contributed by atoms with Gasteiger partial charge >= 0.3 is 0 Å². The van der Waals surface area contributed by atoms with Crippen molar-refractivity contribution in [3.8, 4) is 6.07 Å². The van der Waals surface area contributed by atoms with Gasteiger partial charge in [0.1, 0.15) is 0 Å². The zero-order valence-electron chi connectivity index (χ0n) is 12.8. The monoisotopic (exact) mass is 260 g/mol. The van der Waals surface area contributed by atoms with Crippen LogP contribution in [0.3, 0.4) is 0 Å². The molecule has 0 aromatic rings. The fraction of sp³-hybridized carbons (Fsp3) is 0.941. The Morgan fingerprint density at radius 1 is 1.11 bits per heavy atom. The maximum atomic E-state index is 9.34. The Hall–Kier alpha value is -0.550. The molecule has 106 valence electrons. The number of rotatable bonds is 4. The van der Waals surface area contributed by atoms with Crippen molar-refractivity contribution >= 4 is 0 Å². The van der Waals surface area contributed by atoms with Crippen molar-refractivity contribution in [2.45, 2.75) is 64.8 Å². The van der Waals surface area contributed by atoms with Gasteiger partial charge in [-0.25, -0.2) is 0 Å². The van der Waals surface area contributed by atoms with Crippen LogP contribution in [0.4, 0.5) is 0 Å². The normalized spacial score (nSPS) is 40.7. The Labute approximate surface area is 118 Å². The van der Waals surface area contributed by atoms with Gasteiger partial charge in [-0.1, -0.05) is 6.92 Å². The first-order valence-corrected chi connectivity index (χ1v) is 8.13. The van der Waals surface area contributed by atoms with Crippen LogP contribution >= 0.6 is 0 Å². The molecule has 0 spiro atoms. The third-order valence-electron chi connectivity index (χ3n) is 5.95. The van der Waals surface area contributed by atoms with Crippen LogP contribution in [0.1, 0.15) is 59.3 Å². The molecule has 4 rings (SSSR count). The van der Waals surface area contributed by atoms with E-state index in [0.29, 0.717) is 5.54 Å². The van der Waals surface area contributed by atoms with Crippen molar-refractivity contribution in [1.29, 1.82) is 5.26 Å². The molecule has 19 heavy (non-hydrogen) atoms. The second kappa shape index (κ2) is 4.48. The molecular weight excluding hydrogens is 232 g/mol. The highest BCUT2D eigenvalue weighted by Gasteiger charge is 2.53. The van der Waals surface area contributed by atoms with Crippen molar-refractivity contribution < 1.29 is 0 Å². The van der Waals surface area contributed by atoms with Gasteiger partial charge in [0.15, 0.2) is 0 Å². The van der Waals surface area contributed by atoms with Crippen LogP contribution in [0.2, 0.25) is 0 Å². The largest absolute Gasteiger partial charge is 0.296 e. The van der Waals surface area contributed by atoms with Gasteiger partial charge < -0.3 is 0 Å². The molecule has 0 radical (unpaired) electrons. The molecule has 4 fully saturated rings. The van der Waals surface area contributed by atoms with Crippen LogP contribution in [0.5, 0.6) is 0 Å². The van der Waals surface area contributed by atoms with Crippen molar-refractivity contribution in [3.63, 3.8) is 0 Å². The van der Waals surface area contributed by atoms with Gasteiger partial charge in [0.25, 0.3) is 0 Å². The van der Waals surface area contributed by atoms with Crippen molar-refractivity contribution in [3.05, 3.63) is 0 Å². The van der Waals surface area contributed by atoms with Crippen LogP contribution in [-0.2, 0) is 0 Å². The summed E-state index contributed by atoms with van der Waals surface area (Å²) < 4.78 is 0.